The number of aryl methyl sites for hydroxylation is 2. The highest BCUT2D eigenvalue weighted by Gasteiger charge is 2.10. The summed E-state index contributed by atoms with van der Waals surface area (Å²) in [5.41, 5.74) is 3.46. The van der Waals surface area contributed by atoms with Crippen LogP contribution < -0.4 is 15.4 Å². The number of nitrogens with one attached hydrogen (secondary N) is 2. The average molecular weight is 376 g/mol. The van der Waals surface area contributed by atoms with Crippen LogP contribution in [-0.4, -0.2) is 29.5 Å². The van der Waals surface area contributed by atoms with Gasteiger partial charge >= 0.3 is 0 Å². The molecular formula is C22H24N4O2. The van der Waals surface area contributed by atoms with E-state index in [9.17, 15) is 4.79 Å². The van der Waals surface area contributed by atoms with Gasteiger partial charge in [-0.2, -0.15) is 0 Å². The molecule has 0 unspecified atom stereocenters. The maximum absolute atomic E-state index is 12.4. The summed E-state index contributed by atoms with van der Waals surface area (Å²) in [5.74, 6) is 1.03. The Kier molecular flexibility index (Phi) is 6.57. The molecule has 0 aliphatic heterocycles. The topological polar surface area (TPSA) is 76.1 Å². The van der Waals surface area contributed by atoms with Crippen molar-refractivity contribution in [1.29, 1.82) is 0 Å². The maximum atomic E-state index is 12.4. The van der Waals surface area contributed by atoms with Crippen LogP contribution in [0.25, 0.3) is 0 Å². The molecule has 28 heavy (non-hydrogen) atoms. The summed E-state index contributed by atoms with van der Waals surface area (Å²) in [4.78, 5) is 20.7. The highest BCUT2D eigenvalue weighted by atomic mass is 16.5. The van der Waals surface area contributed by atoms with Crippen molar-refractivity contribution < 1.29 is 9.53 Å². The summed E-state index contributed by atoms with van der Waals surface area (Å²) >= 11 is 0. The van der Waals surface area contributed by atoms with E-state index in [0.29, 0.717) is 23.8 Å². The van der Waals surface area contributed by atoms with E-state index in [-0.39, 0.29) is 5.91 Å². The molecule has 0 atom stereocenters. The van der Waals surface area contributed by atoms with Crippen molar-refractivity contribution in [2.24, 2.45) is 0 Å². The molecule has 0 spiro atoms. The number of hydrogen-bond acceptors (Lipinski definition) is 5. The molecule has 6 nitrogen and oxygen atoms in total. The van der Waals surface area contributed by atoms with Gasteiger partial charge in [0.2, 0.25) is 0 Å². The third-order valence-corrected chi connectivity index (χ3v) is 4.29. The minimum absolute atomic E-state index is 0.213. The Morgan fingerprint density at radius 3 is 2.68 bits per heavy atom. The van der Waals surface area contributed by atoms with Gasteiger partial charge < -0.3 is 15.4 Å². The Morgan fingerprint density at radius 2 is 1.89 bits per heavy atom. The van der Waals surface area contributed by atoms with Crippen molar-refractivity contribution in [2.45, 2.75) is 19.8 Å². The van der Waals surface area contributed by atoms with Gasteiger partial charge in [-0.15, -0.1) is 0 Å². The molecule has 0 aliphatic rings. The molecule has 1 heterocycles. The molecule has 0 bridgehead atoms. The second-order valence-corrected chi connectivity index (χ2v) is 6.46. The minimum Gasteiger partial charge on any atom is -0.495 e. The molecule has 2 N–H and O–H groups in total. The predicted octanol–water partition coefficient (Wildman–Crippen LogP) is 3.90. The molecule has 0 saturated heterocycles. The van der Waals surface area contributed by atoms with Crippen molar-refractivity contribution in [1.82, 2.24) is 15.3 Å². The minimum atomic E-state index is -0.213. The smallest absolute Gasteiger partial charge is 0.270 e. The quantitative estimate of drug-likeness (QED) is 0.583. The van der Waals surface area contributed by atoms with Gasteiger partial charge in [0.25, 0.3) is 5.91 Å². The lowest BCUT2D eigenvalue weighted by Crippen LogP contribution is -2.25. The van der Waals surface area contributed by atoms with Crippen LogP contribution in [0.2, 0.25) is 0 Å². The molecule has 3 aromatic rings. The summed E-state index contributed by atoms with van der Waals surface area (Å²) in [6, 6.07) is 17.7. The maximum Gasteiger partial charge on any atom is 0.270 e. The molecule has 0 saturated carbocycles. The molecule has 0 fully saturated rings. The number of benzene rings is 2. The highest BCUT2D eigenvalue weighted by molar-refractivity contribution is 5.93. The van der Waals surface area contributed by atoms with Crippen LogP contribution >= 0.6 is 0 Å². The zero-order chi connectivity index (χ0) is 19.8. The fourth-order valence-electron chi connectivity index (χ4n) is 2.84. The first-order valence-corrected chi connectivity index (χ1v) is 9.21. The number of rotatable bonds is 8. The second-order valence-electron chi connectivity index (χ2n) is 6.46. The molecule has 1 aromatic heterocycles. The normalized spacial score (nSPS) is 10.4. The average Bonchev–Trinajstić information content (AvgIpc) is 2.72. The van der Waals surface area contributed by atoms with E-state index in [2.05, 4.69) is 32.7 Å². The van der Waals surface area contributed by atoms with Crippen molar-refractivity contribution in [3.05, 3.63) is 77.7 Å². The Morgan fingerprint density at radius 1 is 1.07 bits per heavy atom. The fraction of sp³-hybridized carbons (Fsp3) is 0.227. The number of methoxy groups -OCH3 is 1. The van der Waals surface area contributed by atoms with Crippen LogP contribution in [-0.2, 0) is 6.42 Å². The van der Waals surface area contributed by atoms with E-state index in [1.165, 1.54) is 11.9 Å². The van der Waals surface area contributed by atoms with Crippen molar-refractivity contribution in [2.75, 3.05) is 19.0 Å². The van der Waals surface area contributed by atoms with Gasteiger partial charge in [0.05, 0.1) is 12.8 Å². The van der Waals surface area contributed by atoms with Gasteiger partial charge in [0.1, 0.15) is 23.6 Å². The summed E-state index contributed by atoms with van der Waals surface area (Å²) in [5, 5.41) is 6.10. The number of carbonyl (C=O) groups excluding carboxylic acids is 1. The molecular weight excluding hydrogens is 352 g/mol. The lowest BCUT2D eigenvalue weighted by Gasteiger charge is -2.12. The molecule has 6 heteroatoms. The van der Waals surface area contributed by atoms with Crippen molar-refractivity contribution in [3.8, 4) is 5.75 Å². The summed E-state index contributed by atoms with van der Waals surface area (Å²) in [6.45, 7) is 2.59. The van der Waals surface area contributed by atoms with Crippen LogP contribution in [0.3, 0.4) is 0 Å². The Balaban J connectivity index is 1.58. The van der Waals surface area contributed by atoms with Crippen LogP contribution in [0.15, 0.2) is 60.9 Å². The van der Waals surface area contributed by atoms with Gasteiger partial charge in [0, 0.05) is 12.6 Å². The van der Waals surface area contributed by atoms with E-state index in [0.717, 1.165) is 24.1 Å². The van der Waals surface area contributed by atoms with E-state index < -0.39 is 0 Å². The first kappa shape index (κ1) is 19.4. The van der Waals surface area contributed by atoms with Crippen LogP contribution in [0.1, 0.15) is 28.0 Å². The number of amides is 1. The molecule has 1 amide bonds. The zero-order valence-electron chi connectivity index (χ0n) is 16.1. The number of aromatic nitrogens is 2. The van der Waals surface area contributed by atoms with Crippen molar-refractivity contribution in [3.63, 3.8) is 0 Å². The molecule has 0 aliphatic carbocycles. The van der Waals surface area contributed by atoms with Gasteiger partial charge in [0.15, 0.2) is 0 Å². The zero-order valence-corrected chi connectivity index (χ0v) is 16.1. The largest absolute Gasteiger partial charge is 0.495 e. The Hall–Kier alpha value is -3.41. The molecule has 3 rings (SSSR count). The van der Waals surface area contributed by atoms with Crippen LogP contribution in [0.5, 0.6) is 5.75 Å². The summed E-state index contributed by atoms with van der Waals surface area (Å²) in [7, 11) is 1.62. The van der Waals surface area contributed by atoms with Gasteiger partial charge in [-0.05, 0) is 43.0 Å². The van der Waals surface area contributed by atoms with E-state index >= 15 is 0 Å². The van der Waals surface area contributed by atoms with E-state index in [1.54, 1.807) is 13.2 Å². The summed E-state index contributed by atoms with van der Waals surface area (Å²) < 4.78 is 5.37. The van der Waals surface area contributed by atoms with Crippen molar-refractivity contribution >= 4 is 17.4 Å². The third-order valence-electron chi connectivity index (χ3n) is 4.29. The number of nitrogens with zero attached hydrogens (tertiary/aromatic N) is 2. The number of hydrogen-bond donors (Lipinski definition) is 2. The van der Waals surface area contributed by atoms with E-state index in [1.807, 2.05) is 43.3 Å². The lowest BCUT2D eigenvalue weighted by molar-refractivity contribution is 0.0948. The number of anilines is 2. The van der Waals surface area contributed by atoms with E-state index in [4.69, 9.17) is 4.74 Å². The Labute approximate surface area is 165 Å². The second kappa shape index (κ2) is 9.50. The number of carbonyl (C=O) groups is 1. The SMILES string of the molecule is COc1ccc(C)cc1Nc1cc(C(=O)NCCCc2ccccc2)ncn1. The van der Waals surface area contributed by atoms with Gasteiger partial charge in [-0.1, -0.05) is 36.4 Å². The fourth-order valence-corrected chi connectivity index (χ4v) is 2.84. The van der Waals surface area contributed by atoms with Gasteiger partial charge in [-0.3, -0.25) is 4.79 Å². The predicted molar refractivity (Wildman–Crippen MR) is 110 cm³/mol. The lowest BCUT2D eigenvalue weighted by atomic mass is 10.1. The Bertz CT molecular complexity index is 929. The molecule has 2 aromatic carbocycles. The highest BCUT2D eigenvalue weighted by Crippen LogP contribution is 2.27. The standard InChI is InChI=1S/C22H24N4O2/c1-16-10-11-20(28-2)18(13-16)26-21-14-19(24-15-25-21)22(27)23-12-6-9-17-7-4-3-5-8-17/h3-5,7-8,10-11,13-15H,6,9,12H2,1-2H3,(H,23,27)(H,24,25,26). The first-order valence-electron chi connectivity index (χ1n) is 9.21. The number of ether oxygens (including phenoxy) is 1. The molecule has 144 valence electrons. The monoisotopic (exact) mass is 376 g/mol. The molecule has 0 radical (unpaired) electrons. The van der Waals surface area contributed by atoms with Crippen LogP contribution in [0, 0.1) is 6.92 Å². The van der Waals surface area contributed by atoms with Crippen LogP contribution in [0.4, 0.5) is 11.5 Å². The summed E-state index contributed by atoms with van der Waals surface area (Å²) in [6.07, 6.45) is 3.17. The first-order chi connectivity index (χ1) is 13.7. The third kappa shape index (κ3) is 5.30. The van der Waals surface area contributed by atoms with Gasteiger partial charge in [-0.25, -0.2) is 9.97 Å².